The number of aromatic nitrogens is 5. The van der Waals surface area contributed by atoms with E-state index in [0.29, 0.717) is 22.5 Å². The number of thioether (sulfide) groups is 1. The quantitative estimate of drug-likeness (QED) is 0.363. The highest BCUT2D eigenvalue weighted by molar-refractivity contribution is 7.99. The third kappa shape index (κ3) is 5.20. The van der Waals surface area contributed by atoms with E-state index < -0.39 is 0 Å². The van der Waals surface area contributed by atoms with Crippen LogP contribution in [0.25, 0.3) is 11.4 Å². The van der Waals surface area contributed by atoms with Gasteiger partial charge in [-0.1, -0.05) is 53.7 Å². The SMILES string of the molecule is CC(C)n1nccc1NC(=O)CSc1nnc(-c2ccc(Cl)cc2)n1Cc1ccccc1. The van der Waals surface area contributed by atoms with Crippen LogP contribution in [0.5, 0.6) is 0 Å². The molecular weight excluding hydrogens is 444 g/mol. The number of carbonyl (C=O) groups excluding carboxylic acids is 1. The molecule has 2 aromatic heterocycles. The van der Waals surface area contributed by atoms with Crippen LogP contribution in [0.4, 0.5) is 5.82 Å². The molecule has 7 nitrogen and oxygen atoms in total. The second-order valence-corrected chi connectivity index (χ2v) is 8.86. The minimum Gasteiger partial charge on any atom is -0.310 e. The van der Waals surface area contributed by atoms with Crippen LogP contribution in [0.2, 0.25) is 5.02 Å². The third-order valence-corrected chi connectivity index (χ3v) is 5.98. The average Bonchev–Trinajstić information content (AvgIpc) is 3.41. The van der Waals surface area contributed by atoms with Crippen molar-refractivity contribution < 1.29 is 4.79 Å². The molecule has 4 rings (SSSR count). The molecule has 0 spiro atoms. The van der Waals surface area contributed by atoms with Crippen molar-refractivity contribution in [2.75, 3.05) is 11.1 Å². The van der Waals surface area contributed by atoms with E-state index in [0.717, 1.165) is 17.0 Å². The molecule has 2 heterocycles. The van der Waals surface area contributed by atoms with Gasteiger partial charge in [0.25, 0.3) is 0 Å². The molecule has 0 saturated carbocycles. The fraction of sp³-hybridized carbons (Fsp3) is 0.217. The second kappa shape index (κ2) is 10.0. The Hall–Kier alpha value is -3.10. The van der Waals surface area contributed by atoms with Crippen LogP contribution in [0.1, 0.15) is 25.5 Å². The van der Waals surface area contributed by atoms with E-state index in [9.17, 15) is 4.79 Å². The van der Waals surface area contributed by atoms with E-state index in [-0.39, 0.29) is 17.7 Å². The van der Waals surface area contributed by atoms with Crippen molar-refractivity contribution in [2.24, 2.45) is 0 Å². The van der Waals surface area contributed by atoms with Gasteiger partial charge < -0.3 is 5.32 Å². The fourth-order valence-corrected chi connectivity index (χ4v) is 4.11. The number of amides is 1. The molecule has 0 fully saturated rings. The summed E-state index contributed by atoms with van der Waals surface area (Å²) in [6, 6.07) is 19.5. The number of benzene rings is 2. The summed E-state index contributed by atoms with van der Waals surface area (Å²) in [5, 5.41) is 17.3. The van der Waals surface area contributed by atoms with E-state index in [4.69, 9.17) is 11.6 Å². The summed E-state index contributed by atoms with van der Waals surface area (Å²) in [7, 11) is 0. The first-order valence-corrected chi connectivity index (χ1v) is 11.6. The maximum Gasteiger partial charge on any atom is 0.235 e. The van der Waals surface area contributed by atoms with Gasteiger partial charge in [-0.2, -0.15) is 5.10 Å². The molecule has 0 aliphatic rings. The maximum absolute atomic E-state index is 12.6. The third-order valence-electron chi connectivity index (χ3n) is 4.76. The summed E-state index contributed by atoms with van der Waals surface area (Å²) in [4.78, 5) is 12.6. The lowest BCUT2D eigenvalue weighted by molar-refractivity contribution is -0.113. The van der Waals surface area contributed by atoms with Crippen LogP contribution >= 0.6 is 23.4 Å². The number of nitrogens with one attached hydrogen (secondary N) is 1. The Kier molecular flexibility index (Phi) is 6.92. The number of rotatable bonds is 8. The van der Waals surface area contributed by atoms with E-state index >= 15 is 0 Å². The Morgan fingerprint density at radius 2 is 1.81 bits per heavy atom. The maximum atomic E-state index is 12.6. The first kappa shape index (κ1) is 22.1. The van der Waals surface area contributed by atoms with E-state index in [2.05, 4.69) is 32.7 Å². The van der Waals surface area contributed by atoms with Gasteiger partial charge in [-0.3, -0.25) is 9.36 Å². The zero-order valence-electron chi connectivity index (χ0n) is 17.8. The topological polar surface area (TPSA) is 77.6 Å². The van der Waals surface area contributed by atoms with Crippen molar-refractivity contribution in [2.45, 2.75) is 31.6 Å². The summed E-state index contributed by atoms with van der Waals surface area (Å²) in [6.07, 6.45) is 1.68. The highest BCUT2D eigenvalue weighted by Gasteiger charge is 2.17. The van der Waals surface area contributed by atoms with Gasteiger partial charge >= 0.3 is 0 Å². The van der Waals surface area contributed by atoms with Gasteiger partial charge in [0.05, 0.1) is 18.5 Å². The number of anilines is 1. The molecule has 0 unspecified atom stereocenters. The van der Waals surface area contributed by atoms with Crippen LogP contribution in [0, 0.1) is 0 Å². The molecule has 32 heavy (non-hydrogen) atoms. The number of hydrogen-bond donors (Lipinski definition) is 1. The van der Waals surface area contributed by atoms with E-state index in [1.54, 1.807) is 16.9 Å². The molecule has 9 heteroatoms. The van der Waals surface area contributed by atoms with Gasteiger partial charge in [0.15, 0.2) is 11.0 Å². The van der Waals surface area contributed by atoms with Gasteiger partial charge in [0.2, 0.25) is 5.91 Å². The molecule has 0 atom stereocenters. The Labute approximate surface area is 195 Å². The highest BCUT2D eigenvalue weighted by atomic mass is 35.5. The van der Waals surface area contributed by atoms with Gasteiger partial charge in [-0.25, -0.2) is 4.68 Å². The summed E-state index contributed by atoms with van der Waals surface area (Å²) >= 11 is 7.40. The summed E-state index contributed by atoms with van der Waals surface area (Å²) in [6.45, 7) is 4.62. The molecule has 0 saturated heterocycles. The van der Waals surface area contributed by atoms with Crippen molar-refractivity contribution >= 4 is 35.1 Å². The summed E-state index contributed by atoms with van der Waals surface area (Å²) in [5.41, 5.74) is 2.03. The minimum absolute atomic E-state index is 0.125. The Bertz CT molecular complexity index is 1190. The predicted octanol–water partition coefficient (Wildman–Crippen LogP) is 5.16. The highest BCUT2D eigenvalue weighted by Crippen LogP contribution is 2.26. The van der Waals surface area contributed by atoms with Crippen molar-refractivity contribution in [1.29, 1.82) is 0 Å². The minimum atomic E-state index is -0.125. The average molecular weight is 467 g/mol. The lowest BCUT2D eigenvalue weighted by atomic mass is 10.2. The van der Waals surface area contributed by atoms with Gasteiger partial charge in [-0.05, 0) is 43.7 Å². The molecular formula is C23H23ClN6OS. The molecule has 4 aromatic rings. The van der Waals surface area contributed by atoms with Crippen LogP contribution < -0.4 is 5.32 Å². The number of nitrogens with zero attached hydrogens (tertiary/aromatic N) is 5. The Morgan fingerprint density at radius 1 is 1.06 bits per heavy atom. The molecule has 0 aliphatic heterocycles. The van der Waals surface area contributed by atoms with E-state index in [1.807, 2.05) is 60.9 Å². The van der Waals surface area contributed by atoms with Crippen molar-refractivity contribution in [3.05, 3.63) is 77.4 Å². The van der Waals surface area contributed by atoms with Crippen LogP contribution in [0.3, 0.4) is 0 Å². The zero-order chi connectivity index (χ0) is 22.5. The largest absolute Gasteiger partial charge is 0.310 e. The lowest BCUT2D eigenvalue weighted by Crippen LogP contribution is -2.18. The van der Waals surface area contributed by atoms with Crippen molar-refractivity contribution in [1.82, 2.24) is 24.5 Å². The van der Waals surface area contributed by atoms with Crippen molar-refractivity contribution in [3.63, 3.8) is 0 Å². The van der Waals surface area contributed by atoms with Gasteiger partial charge in [0.1, 0.15) is 5.82 Å². The Morgan fingerprint density at radius 3 is 2.53 bits per heavy atom. The van der Waals surface area contributed by atoms with Gasteiger partial charge in [-0.15, -0.1) is 10.2 Å². The molecule has 1 N–H and O–H groups in total. The number of hydrogen-bond acceptors (Lipinski definition) is 5. The number of halogens is 1. The lowest BCUT2D eigenvalue weighted by Gasteiger charge is -2.12. The smallest absolute Gasteiger partial charge is 0.235 e. The molecule has 2 aromatic carbocycles. The van der Waals surface area contributed by atoms with E-state index in [1.165, 1.54) is 11.8 Å². The van der Waals surface area contributed by atoms with Crippen LogP contribution in [-0.4, -0.2) is 36.2 Å². The predicted molar refractivity (Wildman–Crippen MR) is 128 cm³/mol. The molecule has 0 aliphatic carbocycles. The van der Waals surface area contributed by atoms with Gasteiger partial charge in [0, 0.05) is 22.7 Å². The molecule has 0 radical (unpaired) electrons. The van der Waals surface area contributed by atoms with Crippen LogP contribution in [0.15, 0.2) is 72.0 Å². The summed E-state index contributed by atoms with van der Waals surface area (Å²) < 4.78 is 3.80. The zero-order valence-corrected chi connectivity index (χ0v) is 19.3. The molecule has 164 valence electrons. The normalized spacial score (nSPS) is 11.1. The fourth-order valence-electron chi connectivity index (χ4n) is 3.25. The first-order valence-electron chi connectivity index (χ1n) is 10.2. The molecule has 1 amide bonds. The van der Waals surface area contributed by atoms with Crippen LogP contribution in [-0.2, 0) is 11.3 Å². The second-order valence-electron chi connectivity index (χ2n) is 7.48. The Balaban J connectivity index is 1.54. The first-order chi connectivity index (χ1) is 15.5. The molecule has 0 bridgehead atoms. The number of carbonyl (C=O) groups is 1. The van der Waals surface area contributed by atoms with Crippen molar-refractivity contribution in [3.8, 4) is 11.4 Å². The monoisotopic (exact) mass is 466 g/mol. The standard InChI is InChI=1S/C23H23ClN6OS/c1-16(2)30-20(12-13-25-30)26-21(31)15-32-23-28-27-22(18-8-10-19(24)11-9-18)29(23)14-17-6-4-3-5-7-17/h3-13,16H,14-15H2,1-2H3,(H,26,31). The summed E-state index contributed by atoms with van der Waals surface area (Å²) in [5.74, 6) is 1.49.